The van der Waals surface area contributed by atoms with Gasteiger partial charge in [0.05, 0.1) is 11.7 Å². The van der Waals surface area contributed by atoms with Gasteiger partial charge < -0.3 is 4.90 Å². The molecule has 2 aliphatic rings. The Hall–Kier alpha value is -1.32. The normalized spacial score (nSPS) is 24.4. The standard InChI is InChI=1S/C13H19N3O/c1-8-12(9(2)15-14-8)11-4-3-7-16(11)13(17)10-5-6-10/h10-11H,3-7H2,1-2H3,(H,14,15). The van der Waals surface area contributed by atoms with Crippen molar-refractivity contribution in [3.05, 3.63) is 17.0 Å². The van der Waals surface area contributed by atoms with Gasteiger partial charge in [-0.15, -0.1) is 0 Å². The minimum atomic E-state index is 0.266. The van der Waals surface area contributed by atoms with Crippen LogP contribution >= 0.6 is 0 Å². The largest absolute Gasteiger partial charge is 0.335 e. The van der Waals surface area contributed by atoms with E-state index >= 15 is 0 Å². The van der Waals surface area contributed by atoms with E-state index < -0.39 is 0 Å². The van der Waals surface area contributed by atoms with Crippen LogP contribution in [0.15, 0.2) is 0 Å². The van der Waals surface area contributed by atoms with Gasteiger partial charge in [-0.2, -0.15) is 5.10 Å². The van der Waals surface area contributed by atoms with Crippen LogP contribution in [0.25, 0.3) is 0 Å². The number of aromatic nitrogens is 2. The number of hydrogen-bond acceptors (Lipinski definition) is 2. The van der Waals surface area contributed by atoms with E-state index in [4.69, 9.17) is 0 Å². The summed E-state index contributed by atoms with van der Waals surface area (Å²) < 4.78 is 0. The molecule has 2 heterocycles. The van der Waals surface area contributed by atoms with E-state index in [0.29, 0.717) is 11.8 Å². The van der Waals surface area contributed by atoms with Crippen molar-refractivity contribution in [3.8, 4) is 0 Å². The Balaban J connectivity index is 1.88. The van der Waals surface area contributed by atoms with Crippen molar-refractivity contribution in [1.82, 2.24) is 15.1 Å². The lowest BCUT2D eigenvalue weighted by atomic mass is 10.0. The van der Waals surface area contributed by atoms with Crippen LogP contribution in [0.5, 0.6) is 0 Å². The molecular weight excluding hydrogens is 214 g/mol. The third kappa shape index (κ3) is 1.75. The Morgan fingerprint density at radius 2 is 2.12 bits per heavy atom. The highest BCUT2D eigenvalue weighted by Crippen LogP contribution is 2.39. The first-order chi connectivity index (χ1) is 8.18. The van der Waals surface area contributed by atoms with E-state index in [1.807, 2.05) is 13.8 Å². The summed E-state index contributed by atoms with van der Waals surface area (Å²) in [4.78, 5) is 14.3. The van der Waals surface area contributed by atoms with Gasteiger partial charge in [-0.1, -0.05) is 0 Å². The summed E-state index contributed by atoms with van der Waals surface area (Å²) in [6.45, 7) is 4.99. The van der Waals surface area contributed by atoms with Gasteiger partial charge in [-0.3, -0.25) is 9.89 Å². The SMILES string of the molecule is Cc1n[nH]c(C)c1C1CCCN1C(=O)C1CC1. The van der Waals surface area contributed by atoms with Gasteiger partial charge >= 0.3 is 0 Å². The predicted octanol–water partition coefficient (Wildman–Crippen LogP) is 2.10. The van der Waals surface area contributed by atoms with E-state index in [9.17, 15) is 4.79 Å². The van der Waals surface area contributed by atoms with Crippen molar-refractivity contribution >= 4 is 5.91 Å². The number of aromatic amines is 1. The summed E-state index contributed by atoms with van der Waals surface area (Å²) >= 11 is 0. The molecule has 92 valence electrons. The summed E-state index contributed by atoms with van der Waals surface area (Å²) in [5.41, 5.74) is 3.41. The third-order valence-electron chi connectivity index (χ3n) is 3.98. The quantitative estimate of drug-likeness (QED) is 0.850. The monoisotopic (exact) mass is 233 g/mol. The van der Waals surface area contributed by atoms with Crippen LogP contribution in [0.4, 0.5) is 0 Å². The fourth-order valence-corrected chi connectivity index (χ4v) is 2.95. The molecular formula is C13H19N3O. The number of amides is 1. The molecule has 1 aliphatic heterocycles. The molecule has 4 heteroatoms. The third-order valence-corrected chi connectivity index (χ3v) is 3.98. The van der Waals surface area contributed by atoms with Gasteiger partial charge in [0.2, 0.25) is 5.91 Å². The molecule has 0 spiro atoms. The second kappa shape index (κ2) is 3.86. The molecule has 0 radical (unpaired) electrons. The topological polar surface area (TPSA) is 49.0 Å². The van der Waals surface area contributed by atoms with Crippen LogP contribution in [0.3, 0.4) is 0 Å². The van der Waals surface area contributed by atoms with E-state index in [2.05, 4.69) is 15.1 Å². The van der Waals surface area contributed by atoms with Gasteiger partial charge in [-0.05, 0) is 39.5 Å². The zero-order valence-electron chi connectivity index (χ0n) is 10.5. The molecule has 1 unspecified atom stereocenters. The van der Waals surface area contributed by atoms with Crippen molar-refractivity contribution in [2.45, 2.75) is 45.6 Å². The van der Waals surface area contributed by atoms with Crippen LogP contribution in [0.2, 0.25) is 0 Å². The van der Waals surface area contributed by atoms with Gasteiger partial charge in [0.25, 0.3) is 0 Å². The second-order valence-corrected chi connectivity index (χ2v) is 5.31. The molecule has 1 saturated heterocycles. The molecule has 1 aliphatic carbocycles. The first kappa shape index (κ1) is 10.8. The maximum absolute atomic E-state index is 12.2. The molecule has 1 amide bonds. The summed E-state index contributed by atoms with van der Waals surface area (Å²) in [5, 5.41) is 7.28. The van der Waals surface area contributed by atoms with E-state index in [1.165, 1.54) is 5.56 Å². The lowest BCUT2D eigenvalue weighted by Crippen LogP contribution is -2.32. The maximum Gasteiger partial charge on any atom is 0.226 e. The van der Waals surface area contributed by atoms with Gasteiger partial charge in [-0.25, -0.2) is 0 Å². The number of rotatable bonds is 2. The van der Waals surface area contributed by atoms with Crippen LogP contribution in [-0.2, 0) is 4.79 Å². The minimum Gasteiger partial charge on any atom is -0.335 e. The zero-order valence-corrected chi connectivity index (χ0v) is 10.5. The Labute approximate surface area is 101 Å². The molecule has 2 fully saturated rings. The van der Waals surface area contributed by atoms with Gasteiger partial charge in [0.15, 0.2) is 0 Å². The molecule has 0 aromatic carbocycles. The smallest absolute Gasteiger partial charge is 0.226 e. The summed E-state index contributed by atoms with van der Waals surface area (Å²) in [5.74, 6) is 0.690. The van der Waals surface area contributed by atoms with Crippen molar-refractivity contribution < 1.29 is 4.79 Å². The summed E-state index contributed by atoms with van der Waals surface area (Å²) in [6, 6.07) is 0.266. The number of aryl methyl sites for hydroxylation is 2. The second-order valence-electron chi connectivity index (χ2n) is 5.31. The molecule has 17 heavy (non-hydrogen) atoms. The average molecular weight is 233 g/mol. The number of H-pyrrole nitrogens is 1. The number of nitrogens with one attached hydrogen (secondary N) is 1. The molecule has 1 N–H and O–H groups in total. The highest BCUT2D eigenvalue weighted by atomic mass is 16.2. The first-order valence-corrected chi connectivity index (χ1v) is 6.50. The summed E-state index contributed by atoms with van der Waals surface area (Å²) in [7, 11) is 0. The fourth-order valence-electron chi connectivity index (χ4n) is 2.95. The summed E-state index contributed by atoms with van der Waals surface area (Å²) in [6.07, 6.45) is 4.38. The predicted molar refractivity (Wildman–Crippen MR) is 64.5 cm³/mol. The van der Waals surface area contributed by atoms with Gasteiger partial charge in [0, 0.05) is 23.7 Å². The first-order valence-electron chi connectivity index (χ1n) is 6.50. The molecule has 0 bridgehead atoms. The number of likely N-dealkylation sites (tertiary alicyclic amines) is 1. The van der Waals surface area contributed by atoms with Crippen LogP contribution < -0.4 is 0 Å². The van der Waals surface area contributed by atoms with Crippen molar-refractivity contribution in [1.29, 1.82) is 0 Å². The molecule has 4 nitrogen and oxygen atoms in total. The van der Waals surface area contributed by atoms with Crippen LogP contribution in [0.1, 0.15) is 48.7 Å². The Morgan fingerprint density at radius 3 is 2.71 bits per heavy atom. The van der Waals surface area contributed by atoms with Crippen molar-refractivity contribution in [3.63, 3.8) is 0 Å². The van der Waals surface area contributed by atoms with E-state index in [0.717, 1.165) is 43.6 Å². The number of carbonyl (C=O) groups is 1. The van der Waals surface area contributed by atoms with Gasteiger partial charge in [0.1, 0.15) is 0 Å². The van der Waals surface area contributed by atoms with E-state index in [1.54, 1.807) is 0 Å². The fraction of sp³-hybridized carbons (Fsp3) is 0.692. The lowest BCUT2D eigenvalue weighted by Gasteiger charge is -2.25. The maximum atomic E-state index is 12.2. The average Bonchev–Trinajstić information content (AvgIpc) is 2.97. The molecule has 3 rings (SSSR count). The van der Waals surface area contributed by atoms with E-state index in [-0.39, 0.29) is 6.04 Å². The Bertz CT molecular complexity index is 428. The minimum absolute atomic E-state index is 0.266. The highest BCUT2D eigenvalue weighted by molar-refractivity contribution is 5.81. The molecule has 1 aromatic heterocycles. The number of nitrogens with zero attached hydrogens (tertiary/aromatic N) is 2. The van der Waals surface area contributed by atoms with Crippen molar-refractivity contribution in [2.24, 2.45) is 5.92 Å². The van der Waals surface area contributed by atoms with Crippen molar-refractivity contribution in [2.75, 3.05) is 6.54 Å². The number of carbonyl (C=O) groups excluding carboxylic acids is 1. The zero-order chi connectivity index (χ0) is 12.0. The Kier molecular flexibility index (Phi) is 2.45. The molecule has 1 saturated carbocycles. The molecule has 1 atom stereocenters. The highest BCUT2D eigenvalue weighted by Gasteiger charge is 2.39. The van der Waals surface area contributed by atoms with Crippen LogP contribution in [-0.4, -0.2) is 27.5 Å². The lowest BCUT2D eigenvalue weighted by molar-refractivity contribution is -0.133. The van der Waals surface area contributed by atoms with Crippen LogP contribution in [0, 0.1) is 19.8 Å². The Morgan fingerprint density at radius 1 is 1.35 bits per heavy atom. The number of hydrogen-bond donors (Lipinski definition) is 1. The molecule has 1 aromatic rings.